The third kappa shape index (κ3) is 3.77. The summed E-state index contributed by atoms with van der Waals surface area (Å²) in [6, 6.07) is 14.5. The third-order valence-electron chi connectivity index (χ3n) is 3.99. The molecule has 7 heteroatoms. The van der Waals surface area contributed by atoms with Gasteiger partial charge in [-0.25, -0.2) is 0 Å². The van der Waals surface area contributed by atoms with E-state index in [2.05, 4.69) is 15.6 Å². The van der Waals surface area contributed by atoms with Gasteiger partial charge in [0.15, 0.2) is 11.5 Å². The number of fused-ring (bicyclic) bond motifs is 1. The summed E-state index contributed by atoms with van der Waals surface area (Å²) in [4.78, 5) is 16.7. The number of methoxy groups -OCH3 is 1. The maximum Gasteiger partial charge on any atom is 0.257 e. The van der Waals surface area contributed by atoms with Gasteiger partial charge in [-0.15, -0.1) is 0 Å². The molecule has 0 bridgehead atoms. The zero-order valence-corrected chi connectivity index (χ0v) is 14.6. The molecule has 136 valence electrons. The molecule has 7 nitrogen and oxygen atoms in total. The van der Waals surface area contributed by atoms with Crippen molar-refractivity contribution in [2.24, 2.45) is 0 Å². The quantitative estimate of drug-likeness (QED) is 0.717. The van der Waals surface area contributed by atoms with Gasteiger partial charge in [0.2, 0.25) is 6.79 Å². The van der Waals surface area contributed by atoms with Crippen LogP contribution in [-0.2, 0) is 0 Å². The van der Waals surface area contributed by atoms with Gasteiger partial charge in [-0.05, 0) is 30.3 Å². The second-order valence-electron chi connectivity index (χ2n) is 5.84. The Balaban J connectivity index is 1.49. The molecule has 0 aliphatic carbocycles. The van der Waals surface area contributed by atoms with Gasteiger partial charge in [-0.3, -0.25) is 9.78 Å². The lowest BCUT2D eigenvalue weighted by atomic mass is 10.2. The van der Waals surface area contributed by atoms with Crippen LogP contribution >= 0.6 is 0 Å². The van der Waals surface area contributed by atoms with Crippen LogP contribution in [0.3, 0.4) is 0 Å². The van der Waals surface area contributed by atoms with Crippen LogP contribution in [0.1, 0.15) is 10.4 Å². The average molecular weight is 363 g/mol. The molecule has 3 aromatic rings. The second-order valence-corrected chi connectivity index (χ2v) is 5.84. The van der Waals surface area contributed by atoms with E-state index in [0.29, 0.717) is 28.4 Å². The van der Waals surface area contributed by atoms with Gasteiger partial charge in [0.25, 0.3) is 5.91 Å². The van der Waals surface area contributed by atoms with Crippen molar-refractivity contribution in [1.82, 2.24) is 4.98 Å². The van der Waals surface area contributed by atoms with E-state index in [1.165, 1.54) is 6.20 Å². The van der Waals surface area contributed by atoms with Crippen molar-refractivity contribution in [2.45, 2.75) is 0 Å². The predicted octanol–water partition coefficient (Wildman–Crippen LogP) is 3.81. The van der Waals surface area contributed by atoms with Crippen molar-refractivity contribution in [3.05, 3.63) is 66.5 Å². The van der Waals surface area contributed by atoms with E-state index in [-0.39, 0.29) is 12.7 Å². The summed E-state index contributed by atoms with van der Waals surface area (Å²) in [5, 5.41) is 6.05. The highest BCUT2D eigenvalue weighted by Crippen LogP contribution is 2.34. The van der Waals surface area contributed by atoms with E-state index >= 15 is 0 Å². The molecular weight excluding hydrogens is 346 g/mol. The number of hydrogen-bond donors (Lipinski definition) is 2. The molecule has 0 spiro atoms. The second kappa shape index (κ2) is 7.25. The van der Waals surface area contributed by atoms with Gasteiger partial charge >= 0.3 is 0 Å². The number of anilines is 3. The molecule has 0 fully saturated rings. The summed E-state index contributed by atoms with van der Waals surface area (Å²) in [5.74, 6) is 1.75. The van der Waals surface area contributed by atoms with Gasteiger partial charge in [-0.1, -0.05) is 6.07 Å². The molecule has 1 aliphatic heterocycles. The number of benzene rings is 2. The lowest BCUT2D eigenvalue weighted by Crippen LogP contribution is -2.12. The van der Waals surface area contributed by atoms with E-state index < -0.39 is 0 Å². The molecule has 2 heterocycles. The molecule has 27 heavy (non-hydrogen) atoms. The molecule has 0 radical (unpaired) electrons. The first-order valence-corrected chi connectivity index (χ1v) is 8.28. The summed E-state index contributed by atoms with van der Waals surface area (Å²) in [5.41, 5.74) is 2.59. The van der Waals surface area contributed by atoms with E-state index in [9.17, 15) is 4.79 Å². The number of carbonyl (C=O) groups excluding carboxylic acids is 1. The molecule has 4 rings (SSSR count). The van der Waals surface area contributed by atoms with E-state index in [0.717, 1.165) is 11.4 Å². The maximum absolute atomic E-state index is 12.5. The predicted molar refractivity (Wildman–Crippen MR) is 101 cm³/mol. The topological polar surface area (TPSA) is 81.7 Å². The number of nitrogens with one attached hydrogen (secondary N) is 2. The molecule has 0 unspecified atom stereocenters. The Bertz CT molecular complexity index is 990. The summed E-state index contributed by atoms with van der Waals surface area (Å²) < 4.78 is 15.8. The SMILES string of the molecule is COc1cccc(Nc2cncc(C(=O)Nc3ccc4c(c3)OCO4)c2)c1. The summed E-state index contributed by atoms with van der Waals surface area (Å²) in [6.45, 7) is 0.189. The fourth-order valence-corrected chi connectivity index (χ4v) is 2.68. The number of carbonyl (C=O) groups is 1. The summed E-state index contributed by atoms with van der Waals surface area (Å²) >= 11 is 0. The molecule has 0 atom stereocenters. The van der Waals surface area contributed by atoms with Crippen LogP contribution in [0, 0.1) is 0 Å². The molecule has 1 aromatic heterocycles. The average Bonchev–Trinajstić information content (AvgIpc) is 3.16. The first kappa shape index (κ1) is 16.7. The Morgan fingerprint density at radius 3 is 2.78 bits per heavy atom. The summed E-state index contributed by atoms with van der Waals surface area (Å²) in [7, 11) is 1.61. The minimum Gasteiger partial charge on any atom is -0.497 e. The molecule has 1 amide bonds. The summed E-state index contributed by atoms with van der Waals surface area (Å²) in [6.07, 6.45) is 3.16. The van der Waals surface area contributed by atoms with Crippen molar-refractivity contribution >= 4 is 23.0 Å². The number of nitrogens with zero attached hydrogens (tertiary/aromatic N) is 1. The van der Waals surface area contributed by atoms with Crippen molar-refractivity contribution in [2.75, 3.05) is 24.5 Å². The van der Waals surface area contributed by atoms with Crippen molar-refractivity contribution in [3.63, 3.8) is 0 Å². The largest absolute Gasteiger partial charge is 0.497 e. The van der Waals surface area contributed by atoms with Gasteiger partial charge < -0.3 is 24.8 Å². The normalized spacial score (nSPS) is 11.7. The van der Waals surface area contributed by atoms with Crippen molar-refractivity contribution in [3.8, 4) is 17.2 Å². The Hall–Kier alpha value is -3.74. The highest BCUT2D eigenvalue weighted by molar-refractivity contribution is 6.04. The molecule has 1 aliphatic rings. The highest BCUT2D eigenvalue weighted by atomic mass is 16.7. The first-order valence-electron chi connectivity index (χ1n) is 8.28. The zero-order chi connectivity index (χ0) is 18.6. The fourth-order valence-electron chi connectivity index (χ4n) is 2.68. The monoisotopic (exact) mass is 363 g/mol. The van der Waals surface area contributed by atoms with Gasteiger partial charge in [0.05, 0.1) is 24.6 Å². The minimum atomic E-state index is -0.268. The number of rotatable bonds is 5. The molecule has 0 saturated carbocycles. The number of ether oxygens (including phenoxy) is 3. The Labute approximate surface area is 155 Å². The van der Waals surface area contributed by atoms with Gasteiger partial charge in [-0.2, -0.15) is 0 Å². The zero-order valence-electron chi connectivity index (χ0n) is 14.6. The molecule has 0 saturated heterocycles. The van der Waals surface area contributed by atoms with Crippen LogP contribution < -0.4 is 24.8 Å². The standard InChI is InChI=1S/C20H17N3O4/c1-25-17-4-2-3-14(8-17)22-16-7-13(10-21-11-16)20(24)23-15-5-6-18-19(9-15)27-12-26-18/h2-11,22H,12H2,1H3,(H,23,24). The van der Waals surface area contributed by atoms with E-state index in [4.69, 9.17) is 14.2 Å². The molecular formula is C20H17N3O4. The number of aromatic nitrogens is 1. The van der Waals surface area contributed by atoms with Crippen molar-refractivity contribution in [1.29, 1.82) is 0 Å². The van der Waals surface area contributed by atoms with Crippen LogP contribution in [0.2, 0.25) is 0 Å². The number of hydrogen-bond acceptors (Lipinski definition) is 6. The molecule has 2 N–H and O–H groups in total. The van der Waals surface area contributed by atoms with Crippen LogP contribution in [0.15, 0.2) is 60.9 Å². The fraction of sp³-hybridized carbons (Fsp3) is 0.100. The van der Waals surface area contributed by atoms with E-state index in [1.807, 2.05) is 24.3 Å². The highest BCUT2D eigenvalue weighted by Gasteiger charge is 2.15. The lowest BCUT2D eigenvalue weighted by Gasteiger charge is -2.10. The Morgan fingerprint density at radius 2 is 1.89 bits per heavy atom. The number of pyridine rings is 1. The third-order valence-corrected chi connectivity index (χ3v) is 3.99. The minimum absolute atomic E-state index is 0.189. The van der Waals surface area contributed by atoms with Crippen LogP contribution in [0.5, 0.6) is 17.2 Å². The van der Waals surface area contributed by atoms with Crippen LogP contribution in [0.4, 0.5) is 17.1 Å². The van der Waals surface area contributed by atoms with Gasteiger partial charge in [0, 0.05) is 29.7 Å². The van der Waals surface area contributed by atoms with Crippen LogP contribution in [-0.4, -0.2) is 24.8 Å². The van der Waals surface area contributed by atoms with Gasteiger partial charge in [0.1, 0.15) is 5.75 Å². The lowest BCUT2D eigenvalue weighted by molar-refractivity contribution is 0.102. The maximum atomic E-state index is 12.5. The van der Waals surface area contributed by atoms with E-state index in [1.54, 1.807) is 37.6 Å². The van der Waals surface area contributed by atoms with Crippen LogP contribution in [0.25, 0.3) is 0 Å². The first-order chi connectivity index (χ1) is 13.2. The molecule has 2 aromatic carbocycles. The number of amides is 1. The Kier molecular flexibility index (Phi) is 4.49. The smallest absolute Gasteiger partial charge is 0.257 e. The van der Waals surface area contributed by atoms with Crippen molar-refractivity contribution < 1.29 is 19.0 Å². The Morgan fingerprint density at radius 1 is 1.00 bits per heavy atom.